The van der Waals surface area contributed by atoms with Crippen molar-refractivity contribution in [2.24, 2.45) is 11.8 Å². The van der Waals surface area contributed by atoms with Gasteiger partial charge in [0.05, 0.1) is 5.92 Å². The SMILES string of the molecule is CC(C)CCC(C)NC1CCCC(C(F)(F)F)C1. The Morgan fingerprint density at radius 2 is 1.78 bits per heavy atom. The van der Waals surface area contributed by atoms with Crippen LogP contribution < -0.4 is 5.32 Å². The zero-order valence-corrected chi connectivity index (χ0v) is 11.7. The molecule has 0 radical (unpaired) electrons. The summed E-state index contributed by atoms with van der Waals surface area (Å²) in [4.78, 5) is 0. The van der Waals surface area contributed by atoms with Gasteiger partial charge in [0, 0.05) is 12.1 Å². The molecule has 0 aromatic rings. The summed E-state index contributed by atoms with van der Waals surface area (Å²) in [5.74, 6) is -0.440. The molecule has 3 unspecified atom stereocenters. The van der Waals surface area contributed by atoms with Crippen molar-refractivity contribution in [2.45, 2.75) is 77.6 Å². The van der Waals surface area contributed by atoms with E-state index in [9.17, 15) is 13.2 Å². The Morgan fingerprint density at radius 1 is 1.11 bits per heavy atom. The predicted octanol–water partition coefficient (Wildman–Crippen LogP) is 4.52. The third-order valence-electron chi connectivity index (χ3n) is 3.83. The molecule has 0 aromatic carbocycles. The highest BCUT2D eigenvalue weighted by Gasteiger charge is 2.42. The van der Waals surface area contributed by atoms with Gasteiger partial charge >= 0.3 is 6.18 Å². The van der Waals surface area contributed by atoms with Crippen molar-refractivity contribution in [3.8, 4) is 0 Å². The third-order valence-corrected chi connectivity index (χ3v) is 3.83. The van der Waals surface area contributed by atoms with Crippen molar-refractivity contribution in [3.05, 3.63) is 0 Å². The number of nitrogens with one attached hydrogen (secondary N) is 1. The minimum atomic E-state index is -4.01. The zero-order chi connectivity index (χ0) is 13.8. The van der Waals surface area contributed by atoms with Crippen LogP contribution in [0.3, 0.4) is 0 Å². The molecular weight excluding hydrogens is 239 g/mol. The van der Waals surface area contributed by atoms with Crippen LogP contribution >= 0.6 is 0 Å². The van der Waals surface area contributed by atoms with Crippen molar-refractivity contribution in [2.75, 3.05) is 0 Å². The van der Waals surface area contributed by atoms with Crippen LogP contribution in [0, 0.1) is 11.8 Å². The summed E-state index contributed by atoms with van der Waals surface area (Å²) in [5.41, 5.74) is 0. The van der Waals surface area contributed by atoms with Crippen LogP contribution in [0.25, 0.3) is 0 Å². The maximum Gasteiger partial charge on any atom is 0.391 e. The summed E-state index contributed by atoms with van der Waals surface area (Å²) in [5, 5.41) is 3.38. The summed E-state index contributed by atoms with van der Waals surface area (Å²) >= 11 is 0. The first kappa shape index (κ1) is 15.8. The van der Waals surface area contributed by atoms with E-state index in [2.05, 4.69) is 26.1 Å². The normalized spacial score (nSPS) is 27.5. The fraction of sp³-hybridized carbons (Fsp3) is 1.00. The first-order valence-electron chi connectivity index (χ1n) is 7.11. The highest BCUT2D eigenvalue weighted by Crippen LogP contribution is 2.37. The van der Waals surface area contributed by atoms with E-state index >= 15 is 0 Å². The molecule has 0 amide bonds. The number of halogens is 3. The fourth-order valence-electron chi connectivity index (χ4n) is 2.71. The molecule has 3 atom stereocenters. The second kappa shape index (κ2) is 6.78. The maximum absolute atomic E-state index is 12.7. The molecule has 1 nitrogen and oxygen atoms in total. The number of hydrogen-bond donors (Lipinski definition) is 1. The highest BCUT2D eigenvalue weighted by atomic mass is 19.4. The van der Waals surface area contributed by atoms with Crippen molar-refractivity contribution in [3.63, 3.8) is 0 Å². The molecule has 0 bridgehead atoms. The van der Waals surface area contributed by atoms with E-state index in [1.165, 1.54) is 0 Å². The van der Waals surface area contributed by atoms with E-state index in [0.29, 0.717) is 24.8 Å². The molecular formula is C14H26F3N. The Balaban J connectivity index is 2.33. The lowest BCUT2D eigenvalue weighted by atomic mass is 9.85. The van der Waals surface area contributed by atoms with Gasteiger partial charge in [-0.1, -0.05) is 20.3 Å². The third kappa shape index (κ3) is 5.59. The molecule has 108 valence electrons. The van der Waals surface area contributed by atoms with E-state index < -0.39 is 12.1 Å². The van der Waals surface area contributed by atoms with E-state index in [1.807, 2.05) is 0 Å². The zero-order valence-electron chi connectivity index (χ0n) is 11.7. The molecule has 0 aromatic heterocycles. The van der Waals surface area contributed by atoms with Gasteiger partial charge in [-0.15, -0.1) is 0 Å². The van der Waals surface area contributed by atoms with E-state index in [-0.39, 0.29) is 12.5 Å². The van der Waals surface area contributed by atoms with Crippen LogP contribution in [0.5, 0.6) is 0 Å². The minimum absolute atomic E-state index is 0.0486. The molecule has 1 aliphatic carbocycles. The topological polar surface area (TPSA) is 12.0 Å². The van der Waals surface area contributed by atoms with E-state index in [1.54, 1.807) is 0 Å². The Bertz CT molecular complexity index is 238. The second-order valence-corrected chi connectivity index (χ2v) is 6.14. The highest BCUT2D eigenvalue weighted by molar-refractivity contribution is 4.83. The molecule has 1 aliphatic rings. The first-order valence-corrected chi connectivity index (χ1v) is 7.11. The molecule has 18 heavy (non-hydrogen) atoms. The van der Waals surface area contributed by atoms with E-state index in [0.717, 1.165) is 19.3 Å². The Kier molecular flexibility index (Phi) is 5.96. The maximum atomic E-state index is 12.7. The van der Waals surface area contributed by atoms with Gasteiger partial charge in [-0.2, -0.15) is 13.2 Å². The minimum Gasteiger partial charge on any atom is -0.311 e. The number of alkyl halides is 3. The number of rotatable bonds is 5. The average Bonchev–Trinajstić information content (AvgIpc) is 2.25. The van der Waals surface area contributed by atoms with Crippen LogP contribution in [0.2, 0.25) is 0 Å². The quantitative estimate of drug-likeness (QED) is 0.770. The van der Waals surface area contributed by atoms with Crippen LogP contribution in [-0.2, 0) is 0 Å². The van der Waals surface area contributed by atoms with Gasteiger partial charge in [0.2, 0.25) is 0 Å². The molecule has 0 saturated heterocycles. The van der Waals surface area contributed by atoms with Gasteiger partial charge in [0.15, 0.2) is 0 Å². The van der Waals surface area contributed by atoms with Crippen LogP contribution in [0.15, 0.2) is 0 Å². The first-order chi connectivity index (χ1) is 8.29. The lowest BCUT2D eigenvalue weighted by molar-refractivity contribution is -0.183. The summed E-state index contributed by atoms with van der Waals surface area (Å²) in [6, 6.07) is 0.372. The monoisotopic (exact) mass is 265 g/mol. The summed E-state index contributed by atoms with van der Waals surface area (Å²) in [7, 11) is 0. The summed E-state index contributed by atoms with van der Waals surface area (Å²) in [6.07, 6.45) is 0.310. The summed E-state index contributed by atoms with van der Waals surface area (Å²) < 4.78 is 38.0. The molecule has 0 aliphatic heterocycles. The van der Waals surface area contributed by atoms with Gasteiger partial charge in [-0.3, -0.25) is 0 Å². The second-order valence-electron chi connectivity index (χ2n) is 6.14. The standard InChI is InChI=1S/C14H26F3N/c1-10(2)7-8-11(3)18-13-6-4-5-12(9-13)14(15,16)17/h10-13,18H,4-9H2,1-3H3. The smallest absolute Gasteiger partial charge is 0.311 e. The molecule has 0 heterocycles. The average molecular weight is 265 g/mol. The molecule has 1 N–H and O–H groups in total. The van der Waals surface area contributed by atoms with Crippen LogP contribution in [0.1, 0.15) is 59.3 Å². The lowest BCUT2D eigenvalue weighted by Gasteiger charge is -2.33. The Hall–Kier alpha value is -0.250. The predicted molar refractivity (Wildman–Crippen MR) is 68.5 cm³/mol. The Morgan fingerprint density at radius 3 is 2.33 bits per heavy atom. The van der Waals surface area contributed by atoms with Crippen molar-refractivity contribution in [1.82, 2.24) is 5.32 Å². The van der Waals surface area contributed by atoms with Crippen LogP contribution in [0.4, 0.5) is 13.2 Å². The fourth-order valence-corrected chi connectivity index (χ4v) is 2.71. The van der Waals surface area contributed by atoms with Gasteiger partial charge < -0.3 is 5.32 Å². The van der Waals surface area contributed by atoms with Gasteiger partial charge in [0.25, 0.3) is 0 Å². The molecule has 1 saturated carbocycles. The van der Waals surface area contributed by atoms with Gasteiger partial charge in [-0.05, 0) is 44.9 Å². The Labute approximate surface area is 109 Å². The van der Waals surface area contributed by atoms with Crippen molar-refractivity contribution < 1.29 is 13.2 Å². The van der Waals surface area contributed by atoms with Crippen molar-refractivity contribution >= 4 is 0 Å². The van der Waals surface area contributed by atoms with Gasteiger partial charge in [-0.25, -0.2) is 0 Å². The molecule has 4 heteroatoms. The van der Waals surface area contributed by atoms with Crippen molar-refractivity contribution in [1.29, 1.82) is 0 Å². The lowest BCUT2D eigenvalue weighted by Crippen LogP contribution is -2.42. The van der Waals surface area contributed by atoms with Gasteiger partial charge in [0.1, 0.15) is 0 Å². The molecule has 1 fully saturated rings. The largest absolute Gasteiger partial charge is 0.391 e. The number of hydrogen-bond acceptors (Lipinski definition) is 1. The van der Waals surface area contributed by atoms with E-state index in [4.69, 9.17) is 0 Å². The molecule has 0 spiro atoms. The summed E-state index contributed by atoms with van der Waals surface area (Å²) in [6.45, 7) is 6.43. The molecule has 1 rings (SSSR count). The van der Waals surface area contributed by atoms with Crippen LogP contribution in [-0.4, -0.2) is 18.3 Å².